The zero-order valence-corrected chi connectivity index (χ0v) is 13.9. The zero-order valence-electron chi connectivity index (χ0n) is 13.1. The third kappa shape index (κ3) is 3.17. The predicted molar refractivity (Wildman–Crippen MR) is 79.8 cm³/mol. The van der Waals surface area contributed by atoms with E-state index in [1.54, 1.807) is 41.0 Å². The molecule has 0 N–H and O–H groups in total. The molecule has 2 aromatic rings. The van der Waals surface area contributed by atoms with Gasteiger partial charge in [0.2, 0.25) is 0 Å². The topological polar surface area (TPSA) is 48.0 Å². The largest absolute Gasteiger partial charge is 1.00 e. The number of hydrogen-bond donors (Lipinski definition) is 0. The third-order valence-electron chi connectivity index (χ3n) is 3.99. The van der Waals surface area contributed by atoms with E-state index < -0.39 is 23.2 Å². The van der Waals surface area contributed by atoms with Gasteiger partial charge in [-0.2, -0.15) is 23.3 Å². The molecule has 0 bridgehead atoms. The van der Waals surface area contributed by atoms with Gasteiger partial charge in [0.25, 0.3) is 0 Å². The number of hydrogen-bond acceptors (Lipinski definition) is 2. The molecule has 1 aromatic carbocycles. The van der Waals surface area contributed by atoms with Crippen LogP contribution in [0.1, 0.15) is 18.1 Å². The molecule has 8 heteroatoms. The molecule has 0 radical (unpaired) electrons. The minimum Gasteiger partial charge on any atom is -1.00 e. The summed E-state index contributed by atoms with van der Waals surface area (Å²) in [5.41, 5.74) is -0.613. The first-order chi connectivity index (χ1) is 11.3. The lowest BCUT2D eigenvalue weighted by atomic mass is 10.0. The average molecular weight is 368 g/mol. The van der Waals surface area contributed by atoms with Gasteiger partial charge in [-0.15, -0.1) is 0 Å². The van der Waals surface area contributed by atoms with Crippen LogP contribution in [0.4, 0.5) is 19.0 Å². The predicted octanol–water partition coefficient (Wildman–Crippen LogP) is -0.0979. The molecule has 4 nitrogen and oxygen atoms in total. The standard InChI is InChI=1S/C17H13F3N3O.ClH/c1-11(24)22-7-8-23-15(12-5-3-2-4-6-12)9-14(17(18,19)20)13(10-21)16(22)23;/h2-6,9H,7-8H2,1H3;1H/q+1;/p-1. The lowest BCUT2D eigenvalue weighted by Gasteiger charge is -2.15. The van der Waals surface area contributed by atoms with Crippen LogP contribution in [0.15, 0.2) is 36.4 Å². The second-order valence-corrected chi connectivity index (χ2v) is 5.44. The fourth-order valence-electron chi connectivity index (χ4n) is 2.96. The van der Waals surface area contributed by atoms with Crippen molar-refractivity contribution >= 4 is 11.7 Å². The number of amides is 1. The Hall–Kier alpha value is -2.59. The number of benzene rings is 1. The van der Waals surface area contributed by atoms with Gasteiger partial charge in [-0.1, -0.05) is 30.3 Å². The van der Waals surface area contributed by atoms with E-state index in [9.17, 15) is 23.2 Å². The lowest BCUT2D eigenvalue weighted by molar-refractivity contribution is -0.660. The number of alkyl halides is 3. The second-order valence-electron chi connectivity index (χ2n) is 5.44. The molecule has 0 fully saturated rings. The highest BCUT2D eigenvalue weighted by molar-refractivity contribution is 5.91. The van der Waals surface area contributed by atoms with Crippen molar-refractivity contribution in [3.8, 4) is 17.3 Å². The Morgan fingerprint density at radius 3 is 2.44 bits per heavy atom. The maximum Gasteiger partial charge on any atom is 0.418 e. The van der Waals surface area contributed by atoms with Crippen LogP contribution in [-0.4, -0.2) is 12.5 Å². The summed E-state index contributed by atoms with van der Waals surface area (Å²) in [5, 5.41) is 9.31. The highest BCUT2D eigenvalue weighted by atomic mass is 35.5. The molecule has 2 heterocycles. The Morgan fingerprint density at radius 2 is 1.92 bits per heavy atom. The van der Waals surface area contributed by atoms with Gasteiger partial charge in [0, 0.05) is 12.5 Å². The Balaban J connectivity index is 0.00000225. The van der Waals surface area contributed by atoms with E-state index in [4.69, 9.17) is 0 Å². The molecule has 0 aliphatic carbocycles. The van der Waals surface area contributed by atoms with Crippen molar-refractivity contribution in [3.63, 3.8) is 0 Å². The van der Waals surface area contributed by atoms with Crippen molar-refractivity contribution in [2.45, 2.75) is 19.6 Å². The van der Waals surface area contributed by atoms with Gasteiger partial charge in [0.05, 0.1) is 5.56 Å². The summed E-state index contributed by atoms with van der Waals surface area (Å²) in [6.07, 6.45) is -4.69. The monoisotopic (exact) mass is 367 g/mol. The Morgan fingerprint density at radius 1 is 1.28 bits per heavy atom. The fraction of sp³-hybridized carbons (Fsp3) is 0.235. The van der Waals surface area contributed by atoms with E-state index in [1.165, 1.54) is 11.8 Å². The summed E-state index contributed by atoms with van der Waals surface area (Å²) < 4.78 is 42.0. The Labute approximate surface area is 148 Å². The Bertz CT molecular complexity index is 860. The molecular weight excluding hydrogens is 355 g/mol. The minimum absolute atomic E-state index is 0. The summed E-state index contributed by atoms with van der Waals surface area (Å²) in [6, 6.07) is 11.2. The normalized spacial score (nSPS) is 13.0. The summed E-state index contributed by atoms with van der Waals surface area (Å²) in [4.78, 5) is 13.0. The van der Waals surface area contributed by atoms with Crippen molar-refractivity contribution in [1.82, 2.24) is 0 Å². The SMILES string of the molecule is CC(=O)N1CC[n+]2c(-c3ccccc3)cc(C(F)(F)F)c(C#N)c21.[Cl-]. The number of nitrogens with zero attached hydrogens (tertiary/aromatic N) is 3. The van der Waals surface area contributed by atoms with Crippen molar-refractivity contribution in [3.05, 3.63) is 47.5 Å². The van der Waals surface area contributed by atoms with Gasteiger partial charge in [0.1, 0.15) is 24.9 Å². The molecule has 25 heavy (non-hydrogen) atoms. The molecule has 3 rings (SSSR count). The molecule has 130 valence electrons. The summed E-state index contributed by atoms with van der Waals surface area (Å²) >= 11 is 0. The molecule has 1 amide bonds. The summed E-state index contributed by atoms with van der Waals surface area (Å²) in [7, 11) is 0. The van der Waals surface area contributed by atoms with E-state index in [-0.39, 0.29) is 24.8 Å². The van der Waals surface area contributed by atoms with Crippen molar-refractivity contribution < 1.29 is 34.9 Å². The lowest BCUT2D eigenvalue weighted by Crippen LogP contribution is -3.00. The molecule has 0 saturated carbocycles. The number of carbonyl (C=O) groups excluding carboxylic acids is 1. The van der Waals surface area contributed by atoms with Crippen LogP contribution >= 0.6 is 0 Å². The highest BCUT2D eigenvalue weighted by Gasteiger charge is 2.44. The zero-order chi connectivity index (χ0) is 17.5. The van der Waals surface area contributed by atoms with Crippen molar-refractivity contribution in [2.75, 3.05) is 11.4 Å². The maximum absolute atomic E-state index is 13.5. The molecule has 1 aliphatic rings. The van der Waals surface area contributed by atoms with Gasteiger partial charge in [-0.25, -0.2) is 9.36 Å². The molecule has 1 aliphatic heterocycles. The van der Waals surface area contributed by atoms with Crippen LogP contribution in [0.3, 0.4) is 0 Å². The van der Waals surface area contributed by atoms with Gasteiger partial charge in [-0.05, 0) is 6.07 Å². The summed E-state index contributed by atoms with van der Waals surface area (Å²) in [5.74, 6) is -0.380. The molecule has 0 saturated heterocycles. The first-order valence-corrected chi connectivity index (χ1v) is 7.26. The Kier molecular flexibility index (Phi) is 5.04. The molecule has 0 atom stereocenters. The molecule has 0 unspecified atom stereocenters. The minimum atomic E-state index is -4.69. The number of pyridine rings is 1. The number of nitriles is 1. The van der Waals surface area contributed by atoms with Crippen LogP contribution in [-0.2, 0) is 17.5 Å². The van der Waals surface area contributed by atoms with Crippen LogP contribution in [0.25, 0.3) is 11.3 Å². The van der Waals surface area contributed by atoms with Crippen LogP contribution in [0.5, 0.6) is 0 Å². The third-order valence-corrected chi connectivity index (χ3v) is 3.99. The van der Waals surface area contributed by atoms with Crippen molar-refractivity contribution in [1.29, 1.82) is 5.26 Å². The quantitative estimate of drug-likeness (QED) is 0.661. The van der Waals surface area contributed by atoms with Crippen molar-refractivity contribution in [2.24, 2.45) is 0 Å². The van der Waals surface area contributed by atoms with Crippen LogP contribution in [0, 0.1) is 11.3 Å². The van der Waals surface area contributed by atoms with Gasteiger partial charge in [-0.3, -0.25) is 0 Å². The number of carbonyl (C=O) groups is 1. The maximum atomic E-state index is 13.5. The van der Waals surface area contributed by atoms with Crippen LogP contribution < -0.4 is 21.9 Å². The van der Waals surface area contributed by atoms with Crippen LogP contribution in [0.2, 0.25) is 0 Å². The van der Waals surface area contributed by atoms with Gasteiger partial charge in [0.15, 0.2) is 5.56 Å². The van der Waals surface area contributed by atoms with Gasteiger partial charge < -0.3 is 12.4 Å². The van der Waals surface area contributed by atoms with Gasteiger partial charge >= 0.3 is 17.9 Å². The number of fused-ring (bicyclic) bond motifs is 1. The highest BCUT2D eigenvalue weighted by Crippen LogP contribution is 2.38. The smallest absolute Gasteiger partial charge is 0.418 e. The summed E-state index contributed by atoms with van der Waals surface area (Å²) in [6.45, 7) is 1.86. The second kappa shape index (κ2) is 6.73. The molecule has 0 spiro atoms. The number of halogens is 4. The van der Waals surface area contributed by atoms with E-state index in [2.05, 4.69) is 0 Å². The molecular formula is C17H13ClF3N3O. The van der Waals surface area contributed by atoms with E-state index >= 15 is 0 Å². The number of aromatic nitrogens is 1. The first kappa shape index (κ1) is 18.7. The number of rotatable bonds is 1. The first-order valence-electron chi connectivity index (χ1n) is 7.26. The average Bonchev–Trinajstić information content (AvgIpc) is 2.98. The van der Waals surface area contributed by atoms with E-state index in [0.29, 0.717) is 17.8 Å². The van der Waals surface area contributed by atoms with E-state index in [0.717, 1.165) is 6.07 Å². The van der Waals surface area contributed by atoms with E-state index in [1.807, 2.05) is 0 Å². The molecule has 1 aromatic heterocycles. The number of anilines is 1. The fourth-order valence-corrected chi connectivity index (χ4v) is 2.96.